The lowest BCUT2D eigenvalue weighted by Gasteiger charge is -2.37. The maximum atomic E-state index is 12.9. The van der Waals surface area contributed by atoms with Crippen molar-refractivity contribution in [2.75, 3.05) is 26.2 Å². The summed E-state index contributed by atoms with van der Waals surface area (Å²) >= 11 is 0. The van der Waals surface area contributed by atoms with E-state index >= 15 is 0 Å². The molecule has 0 aliphatic carbocycles. The Kier molecular flexibility index (Phi) is 5.80. The van der Waals surface area contributed by atoms with Crippen LogP contribution < -0.4 is 16.2 Å². The van der Waals surface area contributed by atoms with E-state index in [2.05, 4.69) is 26.1 Å². The van der Waals surface area contributed by atoms with E-state index in [9.17, 15) is 9.18 Å². The first-order chi connectivity index (χ1) is 13.7. The van der Waals surface area contributed by atoms with Gasteiger partial charge in [-0.1, -0.05) is 12.1 Å². The Balaban J connectivity index is 1.22. The Morgan fingerprint density at radius 3 is 2.50 bits per heavy atom. The highest BCUT2D eigenvalue weighted by molar-refractivity contribution is 5.74. The van der Waals surface area contributed by atoms with Gasteiger partial charge in [0.15, 0.2) is 0 Å². The van der Waals surface area contributed by atoms with Crippen LogP contribution in [0.15, 0.2) is 48.8 Å². The number of halogens is 1. The standard InChI is InChI=1S/C20H25FN6O/c21-17-3-1-15(2-4-17)14-23-20(28)27-11-9-26(10-12-27)19-13-18(24-25-19)16-5-7-22-8-6-16/h1-8,18-19,24-25H,9-14H2,(H,23,28). The normalized spacial score (nSPS) is 23.0. The first kappa shape index (κ1) is 18.8. The third kappa shape index (κ3) is 4.46. The van der Waals surface area contributed by atoms with Crippen LogP contribution >= 0.6 is 0 Å². The van der Waals surface area contributed by atoms with Gasteiger partial charge in [-0.25, -0.2) is 20.0 Å². The molecule has 2 fully saturated rings. The molecule has 28 heavy (non-hydrogen) atoms. The lowest BCUT2D eigenvalue weighted by atomic mass is 10.1. The van der Waals surface area contributed by atoms with E-state index in [-0.39, 0.29) is 24.1 Å². The summed E-state index contributed by atoms with van der Waals surface area (Å²) in [5.41, 5.74) is 8.85. The van der Waals surface area contributed by atoms with Gasteiger partial charge in [-0.15, -0.1) is 0 Å². The summed E-state index contributed by atoms with van der Waals surface area (Å²) in [6, 6.07) is 10.4. The zero-order valence-corrected chi connectivity index (χ0v) is 15.6. The number of carbonyl (C=O) groups excluding carboxylic acids is 1. The Labute approximate surface area is 163 Å². The molecule has 3 heterocycles. The van der Waals surface area contributed by atoms with Crippen LogP contribution in [0.2, 0.25) is 0 Å². The molecule has 2 amide bonds. The summed E-state index contributed by atoms with van der Waals surface area (Å²) in [6.45, 7) is 3.43. The van der Waals surface area contributed by atoms with Gasteiger partial charge in [0.05, 0.1) is 6.17 Å². The molecular formula is C20H25FN6O. The van der Waals surface area contributed by atoms with E-state index in [1.165, 1.54) is 17.7 Å². The van der Waals surface area contributed by atoms with Crippen molar-refractivity contribution in [1.82, 2.24) is 31.0 Å². The molecule has 1 aromatic heterocycles. The summed E-state index contributed by atoms with van der Waals surface area (Å²) in [7, 11) is 0. The average molecular weight is 384 g/mol. The van der Waals surface area contributed by atoms with E-state index in [0.29, 0.717) is 19.6 Å². The van der Waals surface area contributed by atoms with E-state index < -0.39 is 0 Å². The molecule has 2 unspecified atom stereocenters. The number of nitrogens with one attached hydrogen (secondary N) is 3. The molecule has 8 heteroatoms. The van der Waals surface area contributed by atoms with Crippen LogP contribution in [0.25, 0.3) is 0 Å². The molecular weight excluding hydrogens is 359 g/mol. The van der Waals surface area contributed by atoms with E-state index in [0.717, 1.165) is 25.1 Å². The first-order valence-electron chi connectivity index (χ1n) is 9.61. The van der Waals surface area contributed by atoms with E-state index in [1.54, 1.807) is 12.1 Å². The molecule has 0 spiro atoms. The molecule has 0 bridgehead atoms. The molecule has 2 atom stereocenters. The number of amides is 2. The smallest absolute Gasteiger partial charge is 0.317 e. The minimum Gasteiger partial charge on any atom is -0.334 e. The number of benzene rings is 1. The highest BCUT2D eigenvalue weighted by atomic mass is 19.1. The van der Waals surface area contributed by atoms with Gasteiger partial charge in [0, 0.05) is 51.2 Å². The molecule has 2 saturated heterocycles. The number of pyridine rings is 1. The van der Waals surface area contributed by atoms with E-state index in [1.807, 2.05) is 29.4 Å². The Morgan fingerprint density at radius 1 is 1.07 bits per heavy atom. The molecule has 2 aromatic rings. The Bertz CT molecular complexity index is 779. The fourth-order valence-electron chi connectivity index (χ4n) is 3.72. The molecule has 148 valence electrons. The van der Waals surface area contributed by atoms with Gasteiger partial charge in [-0.05, 0) is 41.8 Å². The fraction of sp³-hybridized carbons (Fsp3) is 0.400. The van der Waals surface area contributed by atoms with Gasteiger partial charge in [-0.2, -0.15) is 0 Å². The number of nitrogens with zero attached hydrogens (tertiary/aromatic N) is 3. The summed E-state index contributed by atoms with van der Waals surface area (Å²) in [5, 5.41) is 2.91. The van der Waals surface area contributed by atoms with Crippen LogP contribution in [0.3, 0.4) is 0 Å². The number of hydrogen-bond acceptors (Lipinski definition) is 5. The van der Waals surface area contributed by atoms with Crippen molar-refractivity contribution in [3.8, 4) is 0 Å². The number of rotatable bonds is 4. The molecule has 3 N–H and O–H groups in total. The number of hydrogen-bond donors (Lipinski definition) is 3. The summed E-state index contributed by atoms with van der Waals surface area (Å²) in [4.78, 5) is 20.7. The van der Waals surface area contributed by atoms with Crippen LogP contribution in [0.1, 0.15) is 23.6 Å². The van der Waals surface area contributed by atoms with Gasteiger partial charge < -0.3 is 10.2 Å². The van der Waals surface area contributed by atoms with Crippen molar-refractivity contribution in [3.05, 3.63) is 65.7 Å². The topological polar surface area (TPSA) is 72.5 Å². The largest absolute Gasteiger partial charge is 0.334 e. The predicted molar refractivity (Wildman–Crippen MR) is 103 cm³/mol. The molecule has 1 aromatic carbocycles. The van der Waals surface area contributed by atoms with Crippen LogP contribution in [-0.2, 0) is 6.54 Å². The van der Waals surface area contributed by atoms with Gasteiger partial charge >= 0.3 is 6.03 Å². The molecule has 4 rings (SSSR count). The van der Waals surface area contributed by atoms with Crippen LogP contribution in [-0.4, -0.2) is 53.2 Å². The summed E-state index contributed by atoms with van der Waals surface area (Å²) in [5.74, 6) is -0.271. The molecule has 0 radical (unpaired) electrons. The summed E-state index contributed by atoms with van der Waals surface area (Å²) in [6.07, 6.45) is 4.85. The number of carbonyl (C=O) groups is 1. The van der Waals surface area contributed by atoms with Crippen molar-refractivity contribution in [1.29, 1.82) is 0 Å². The number of aromatic nitrogens is 1. The summed E-state index contributed by atoms with van der Waals surface area (Å²) < 4.78 is 12.9. The van der Waals surface area contributed by atoms with E-state index in [4.69, 9.17) is 0 Å². The Hall–Kier alpha value is -2.55. The fourth-order valence-corrected chi connectivity index (χ4v) is 3.72. The van der Waals surface area contributed by atoms with Crippen LogP contribution in [0.5, 0.6) is 0 Å². The highest BCUT2D eigenvalue weighted by Gasteiger charge is 2.32. The van der Waals surface area contributed by atoms with Crippen molar-refractivity contribution in [2.24, 2.45) is 0 Å². The number of hydrazine groups is 1. The monoisotopic (exact) mass is 384 g/mol. The molecule has 2 aliphatic rings. The third-order valence-electron chi connectivity index (χ3n) is 5.39. The van der Waals surface area contributed by atoms with Gasteiger partial charge in [0.2, 0.25) is 0 Å². The average Bonchev–Trinajstić information content (AvgIpc) is 3.24. The van der Waals surface area contributed by atoms with Crippen molar-refractivity contribution < 1.29 is 9.18 Å². The minimum absolute atomic E-state index is 0.0730. The van der Waals surface area contributed by atoms with Crippen LogP contribution in [0.4, 0.5) is 9.18 Å². The first-order valence-corrected chi connectivity index (χ1v) is 9.61. The van der Waals surface area contributed by atoms with Gasteiger partial charge in [0.1, 0.15) is 5.82 Å². The zero-order chi connectivity index (χ0) is 19.3. The van der Waals surface area contributed by atoms with Crippen molar-refractivity contribution >= 4 is 6.03 Å². The quantitative estimate of drug-likeness (QED) is 0.747. The lowest BCUT2D eigenvalue weighted by molar-refractivity contribution is 0.0986. The minimum atomic E-state index is -0.271. The maximum absolute atomic E-state index is 12.9. The molecule has 0 saturated carbocycles. The predicted octanol–water partition coefficient (Wildman–Crippen LogP) is 1.61. The highest BCUT2D eigenvalue weighted by Crippen LogP contribution is 2.23. The SMILES string of the molecule is O=C(NCc1ccc(F)cc1)N1CCN(C2CC(c3ccncc3)NN2)CC1. The molecule has 2 aliphatic heterocycles. The van der Waals surface area contributed by atoms with Gasteiger partial charge in [-0.3, -0.25) is 9.88 Å². The van der Waals surface area contributed by atoms with Crippen molar-refractivity contribution in [2.45, 2.75) is 25.2 Å². The second kappa shape index (κ2) is 8.64. The number of urea groups is 1. The van der Waals surface area contributed by atoms with Crippen LogP contribution in [0, 0.1) is 5.82 Å². The van der Waals surface area contributed by atoms with Gasteiger partial charge in [0.25, 0.3) is 0 Å². The second-order valence-electron chi connectivity index (χ2n) is 7.18. The van der Waals surface area contributed by atoms with Crippen molar-refractivity contribution in [3.63, 3.8) is 0 Å². The third-order valence-corrected chi connectivity index (χ3v) is 5.39. The Morgan fingerprint density at radius 2 is 1.79 bits per heavy atom. The molecule has 7 nitrogen and oxygen atoms in total. The lowest BCUT2D eigenvalue weighted by Crippen LogP contribution is -2.56. The number of piperazine rings is 1. The zero-order valence-electron chi connectivity index (χ0n) is 15.6. The second-order valence-corrected chi connectivity index (χ2v) is 7.18. The maximum Gasteiger partial charge on any atom is 0.317 e.